The molecule has 4 aliphatic rings. The van der Waals surface area contributed by atoms with Crippen LogP contribution in [0.5, 0.6) is 5.75 Å². The number of morpholine rings is 1. The number of carbonyl (C=O) groups excluding carboxylic acids is 3. The Hall–Kier alpha value is -5.08. The fourth-order valence-corrected chi connectivity index (χ4v) is 7.76. The highest BCUT2D eigenvalue weighted by atomic mass is 32.1. The van der Waals surface area contributed by atoms with Gasteiger partial charge in [-0.3, -0.25) is 24.1 Å². The molecule has 14 heteroatoms. The highest BCUT2D eigenvalue weighted by Crippen LogP contribution is 2.51. The average Bonchev–Trinajstić information content (AvgIpc) is 3.48. The molecule has 2 saturated heterocycles. The molecule has 2 amide bonds. The molecular formula is C33H26F2N4O7S. The van der Waals surface area contributed by atoms with E-state index in [2.05, 4.69) is 0 Å². The molecule has 2 unspecified atom stereocenters. The van der Waals surface area contributed by atoms with Crippen molar-refractivity contribution in [3.63, 3.8) is 0 Å². The fourth-order valence-electron chi connectivity index (χ4n) is 6.81. The van der Waals surface area contributed by atoms with Gasteiger partial charge in [0, 0.05) is 41.7 Å². The molecule has 2 atom stereocenters. The molecule has 4 aromatic rings. The van der Waals surface area contributed by atoms with Gasteiger partial charge in [0.1, 0.15) is 12.3 Å². The number of benzene rings is 2. The molecule has 0 N–H and O–H groups in total. The zero-order chi connectivity index (χ0) is 32.6. The van der Waals surface area contributed by atoms with E-state index in [-0.39, 0.29) is 50.0 Å². The van der Waals surface area contributed by atoms with Gasteiger partial charge in [-0.2, -0.15) is 0 Å². The molecule has 240 valence electrons. The molecule has 2 aromatic heterocycles. The molecule has 8 rings (SSSR count). The van der Waals surface area contributed by atoms with Crippen LogP contribution in [0, 0.1) is 11.6 Å². The molecule has 0 bridgehead atoms. The molecule has 11 nitrogen and oxygen atoms in total. The van der Waals surface area contributed by atoms with Crippen LogP contribution >= 0.6 is 11.3 Å². The number of aromatic nitrogens is 1. The maximum absolute atomic E-state index is 15.9. The van der Waals surface area contributed by atoms with Crippen LogP contribution in [0.25, 0.3) is 21.6 Å². The second-order valence-corrected chi connectivity index (χ2v) is 12.5. The Labute approximate surface area is 270 Å². The maximum Gasteiger partial charge on any atom is 0.514 e. The highest BCUT2D eigenvalue weighted by molar-refractivity contribution is 7.14. The van der Waals surface area contributed by atoms with Crippen LogP contribution in [0.15, 0.2) is 64.9 Å². The third kappa shape index (κ3) is 4.53. The first-order valence-electron chi connectivity index (χ1n) is 14.9. The minimum absolute atomic E-state index is 0.0728. The zero-order valence-electron chi connectivity index (χ0n) is 24.9. The van der Waals surface area contributed by atoms with Gasteiger partial charge >= 0.3 is 6.16 Å². The van der Waals surface area contributed by atoms with Crippen LogP contribution in [-0.2, 0) is 14.3 Å². The minimum Gasteiger partial charge on any atom is -0.427 e. The lowest BCUT2D eigenvalue weighted by Crippen LogP contribution is -2.66. The lowest BCUT2D eigenvalue weighted by molar-refractivity contribution is -0.139. The van der Waals surface area contributed by atoms with Crippen molar-refractivity contribution in [1.29, 1.82) is 0 Å². The first-order chi connectivity index (χ1) is 22.7. The van der Waals surface area contributed by atoms with Crippen LogP contribution in [-0.4, -0.2) is 77.6 Å². The Morgan fingerprint density at radius 1 is 1.00 bits per heavy atom. The molecular weight excluding hydrogens is 634 g/mol. The highest BCUT2D eigenvalue weighted by Gasteiger charge is 2.47. The van der Waals surface area contributed by atoms with Gasteiger partial charge in [-0.15, -0.1) is 11.3 Å². The molecule has 5 heterocycles. The van der Waals surface area contributed by atoms with Crippen molar-refractivity contribution in [3.8, 4) is 27.3 Å². The summed E-state index contributed by atoms with van der Waals surface area (Å²) >= 11 is 1.40. The van der Waals surface area contributed by atoms with E-state index in [0.29, 0.717) is 11.1 Å². The lowest BCUT2D eigenvalue weighted by Gasteiger charge is -2.51. The van der Waals surface area contributed by atoms with E-state index in [1.54, 1.807) is 11.1 Å². The second-order valence-electron chi connectivity index (χ2n) is 11.6. The Kier molecular flexibility index (Phi) is 6.88. The SMILES string of the molecule is CC(=O)N1CC(OC(=O)Oc2c3n(ccc2=O)N(C2c4ccccc4-c4sccc4-c4c2ccc(F)c4F)C2COCCN2C3=O)C1. The smallest absolute Gasteiger partial charge is 0.427 e. The van der Waals surface area contributed by atoms with Crippen LogP contribution in [0.3, 0.4) is 0 Å². The molecule has 1 aliphatic carbocycles. The van der Waals surface area contributed by atoms with E-state index in [9.17, 15) is 23.6 Å². The number of hydrogen-bond acceptors (Lipinski definition) is 9. The zero-order valence-corrected chi connectivity index (χ0v) is 25.7. The number of rotatable bonds is 3. The molecule has 3 aliphatic heterocycles. The van der Waals surface area contributed by atoms with E-state index >= 15 is 4.39 Å². The largest absolute Gasteiger partial charge is 0.514 e. The van der Waals surface area contributed by atoms with Crippen LogP contribution in [0.4, 0.5) is 13.6 Å². The molecule has 0 spiro atoms. The summed E-state index contributed by atoms with van der Waals surface area (Å²) in [7, 11) is 0. The predicted octanol–water partition coefficient (Wildman–Crippen LogP) is 4.12. The first kappa shape index (κ1) is 29.3. The second kappa shape index (κ2) is 11.0. The molecule has 47 heavy (non-hydrogen) atoms. The summed E-state index contributed by atoms with van der Waals surface area (Å²) in [5, 5.41) is 3.62. The maximum atomic E-state index is 15.9. The fraction of sp³-hybridized carbons (Fsp3) is 0.273. The molecule has 2 aromatic carbocycles. The number of ether oxygens (including phenoxy) is 3. The van der Waals surface area contributed by atoms with Crippen molar-refractivity contribution in [2.24, 2.45) is 0 Å². The third-order valence-corrected chi connectivity index (χ3v) is 9.97. The van der Waals surface area contributed by atoms with Crippen LogP contribution in [0.2, 0.25) is 0 Å². The normalized spacial score (nSPS) is 19.8. The predicted molar refractivity (Wildman–Crippen MR) is 165 cm³/mol. The molecule has 0 saturated carbocycles. The minimum atomic E-state index is -1.19. The number of carbonyl (C=O) groups is 3. The topological polar surface area (TPSA) is 111 Å². The average molecular weight is 661 g/mol. The summed E-state index contributed by atoms with van der Waals surface area (Å²) < 4.78 is 48.9. The van der Waals surface area contributed by atoms with Gasteiger partial charge in [0.05, 0.1) is 32.3 Å². The number of likely N-dealkylation sites (tertiary alicyclic amines) is 1. The summed E-state index contributed by atoms with van der Waals surface area (Å²) in [5.41, 5.74) is 1.63. The summed E-state index contributed by atoms with van der Waals surface area (Å²) in [6, 6.07) is 12.2. The number of pyridine rings is 1. The number of fused-ring (bicyclic) bond motifs is 7. The van der Waals surface area contributed by atoms with E-state index < -0.39 is 53.2 Å². The standard InChI is InChI=1S/C33H26F2N4O7S/c1-17(40)36-14-18(15-36)45-33(43)46-30-24(41)8-10-38-29(30)32(42)37-11-12-44-16-25(37)39(38)28-19-4-2-3-5-20(19)31-22(9-13-47-31)26-21(28)6-7-23(34)27(26)35/h2-10,13,18,25,28H,11-12,14-16H2,1H3. The number of amides is 2. The van der Waals surface area contributed by atoms with Gasteiger partial charge in [0.15, 0.2) is 17.3 Å². The Morgan fingerprint density at radius 2 is 1.81 bits per heavy atom. The van der Waals surface area contributed by atoms with Gasteiger partial charge in [-0.1, -0.05) is 30.3 Å². The summed E-state index contributed by atoms with van der Waals surface area (Å²) in [5.74, 6) is -3.28. The molecule has 2 fully saturated rings. The van der Waals surface area contributed by atoms with Crippen molar-refractivity contribution >= 4 is 29.3 Å². The van der Waals surface area contributed by atoms with Gasteiger partial charge in [-0.05, 0) is 34.2 Å². The van der Waals surface area contributed by atoms with Crippen LogP contribution < -0.4 is 15.2 Å². The summed E-state index contributed by atoms with van der Waals surface area (Å²) in [6.07, 6.45) is -1.16. The third-order valence-electron chi connectivity index (χ3n) is 9.02. The van der Waals surface area contributed by atoms with Gasteiger partial charge in [-0.25, -0.2) is 13.6 Å². The van der Waals surface area contributed by atoms with Gasteiger partial charge in [0.25, 0.3) is 5.91 Å². The number of nitrogens with zero attached hydrogens (tertiary/aromatic N) is 4. The van der Waals surface area contributed by atoms with Crippen molar-refractivity contribution in [2.75, 3.05) is 37.9 Å². The van der Waals surface area contributed by atoms with Crippen molar-refractivity contribution in [3.05, 3.63) is 98.8 Å². The van der Waals surface area contributed by atoms with E-state index in [0.717, 1.165) is 28.1 Å². The Morgan fingerprint density at radius 3 is 2.62 bits per heavy atom. The summed E-state index contributed by atoms with van der Waals surface area (Å²) in [4.78, 5) is 55.6. The quantitative estimate of drug-likeness (QED) is 0.302. The van der Waals surface area contributed by atoms with Crippen LogP contribution in [0.1, 0.15) is 34.6 Å². The van der Waals surface area contributed by atoms with Gasteiger partial charge in [0.2, 0.25) is 17.1 Å². The van der Waals surface area contributed by atoms with E-state index in [1.807, 2.05) is 29.6 Å². The number of hydrogen-bond donors (Lipinski definition) is 0. The van der Waals surface area contributed by atoms with Crippen molar-refractivity contribution in [2.45, 2.75) is 25.2 Å². The first-order valence-corrected chi connectivity index (χ1v) is 15.8. The number of halogens is 2. The Balaban J connectivity index is 1.30. The van der Waals surface area contributed by atoms with E-state index in [1.165, 1.54) is 45.0 Å². The molecule has 0 radical (unpaired) electrons. The summed E-state index contributed by atoms with van der Waals surface area (Å²) in [6.45, 7) is 2.21. The monoisotopic (exact) mass is 660 g/mol. The Bertz CT molecular complexity index is 2040. The van der Waals surface area contributed by atoms with E-state index in [4.69, 9.17) is 14.2 Å². The van der Waals surface area contributed by atoms with Crippen molar-refractivity contribution < 1.29 is 37.4 Å². The van der Waals surface area contributed by atoms with Gasteiger partial charge < -0.3 is 24.0 Å². The lowest BCUT2D eigenvalue weighted by atomic mass is 9.92. The number of thiophene rings is 1. The van der Waals surface area contributed by atoms with Crippen molar-refractivity contribution in [1.82, 2.24) is 14.5 Å².